The lowest BCUT2D eigenvalue weighted by molar-refractivity contribution is 0.103. The Morgan fingerprint density at radius 1 is 1.14 bits per heavy atom. The van der Waals surface area contributed by atoms with Gasteiger partial charge in [-0.1, -0.05) is 18.1 Å². The highest BCUT2D eigenvalue weighted by Crippen LogP contribution is 2.26. The van der Waals surface area contributed by atoms with E-state index in [1.807, 2.05) is 13.8 Å². The molecule has 0 fully saturated rings. The molecule has 2 aromatic carbocycles. The van der Waals surface area contributed by atoms with Gasteiger partial charge in [0.2, 0.25) is 0 Å². The van der Waals surface area contributed by atoms with Crippen molar-refractivity contribution >= 4 is 5.78 Å². The van der Waals surface area contributed by atoms with E-state index in [0.717, 1.165) is 11.1 Å². The summed E-state index contributed by atoms with van der Waals surface area (Å²) in [7, 11) is 1.56. The predicted molar refractivity (Wildman–Crippen MR) is 113 cm³/mol. The zero-order chi connectivity index (χ0) is 21.1. The Balaban J connectivity index is 2.18. The summed E-state index contributed by atoms with van der Waals surface area (Å²) in [6.07, 6.45) is 6.84. The first kappa shape index (κ1) is 20.0. The van der Waals surface area contributed by atoms with Crippen molar-refractivity contribution < 1.29 is 14.6 Å². The van der Waals surface area contributed by atoms with Crippen molar-refractivity contribution in [3.63, 3.8) is 0 Å². The molecule has 3 aromatic rings. The van der Waals surface area contributed by atoms with E-state index in [9.17, 15) is 14.7 Å². The number of aromatic nitrogens is 1. The number of hydrogen-bond donors (Lipinski definition) is 1. The lowest BCUT2D eigenvalue weighted by Crippen LogP contribution is -2.23. The van der Waals surface area contributed by atoms with Gasteiger partial charge in [-0.05, 0) is 60.9 Å². The van der Waals surface area contributed by atoms with Crippen LogP contribution < -0.4 is 10.3 Å². The molecule has 0 bridgehead atoms. The molecule has 0 amide bonds. The van der Waals surface area contributed by atoms with Crippen LogP contribution in [0.25, 0.3) is 11.1 Å². The summed E-state index contributed by atoms with van der Waals surface area (Å²) in [5, 5.41) is 10.3. The molecule has 0 aliphatic heterocycles. The van der Waals surface area contributed by atoms with Crippen molar-refractivity contribution in [1.82, 2.24) is 4.57 Å². The van der Waals surface area contributed by atoms with Gasteiger partial charge in [0.25, 0.3) is 5.56 Å². The lowest BCUT2D eigenvalue weighted by Gasteiger charge is -2.12. The predicted octanol–water partition coefficient (Wildman–Crippen LogP) is 3.71. The van der Waals surface area contributed by atoms with Crippen molar-refractivity contribution in [3.05, 3.63) is 81.3 Å². The van der Waals surface area contributed by atoms with E-state index < -0.39 is 0 Å². The highest BCUT2D eigenvalue weighted by Gasteiger charge is 2.18. The van der Waals surface area contributed by atoms with Crippen LogP contribution in [0.3, 0.4) is 0 Å². The topological polar surface area (TPSA) is 68.5 Å². The van der Waals surface area contributed by atoms with E-state index in [1.165, 1.54) is 16.8 Å². The summed E-state index contributed by atoms with van der Waals surface area (Å²) >= 11 is 0. The highest BCUT2D eigenvalue weighted by atomic mass is 16.5. The first-order valence-electron chi connectivity index (χ1n) is 9.03. The number of ketones is 1. The molecule has 29 heavy (non-hydrogen) atoms. The van der Waals surface area contributed by atoms with E-state index >= 15 is 0 Å². The Morgan fingerprint density at radius 3 is 2.41 bits per heavy atom. The molecule has 0 spiro atoms. The molecule has 5 heteroatoms. The molecule has 0 aliphatic carbocycles. The third kappa shape index (κ3) is 3.92. The Morgan fingerprint density at radius 2 is 1.79 bits per heavy atom. The molecular weight excluding hydrogens is 366 g/mol. The number of carbonyl (C=O) groups is 1. The van der Waals surface area contributed by atoms with Gasteiger partial charge in [-0.2, -0.15) is 0 Å². The van der Waals surface area contributed by atoms with Crippen molar-refractivity contribution in [1.29, 1.82) is 0 Å². The maximum atomic E-state index is 13.1. The van der Waals surface area contributed by atoms with E-state index in [4.69, 9.17) is 11.2 Å². The molecule has 146 valence electrons. The maximum absolute atomic E-state index is 13.1. The van der Waals surface area contributed by atoms with Crippen LogP contribution in [0.5, 0.6) is 11.5 Å². The van der Waals surface area contributed by atoms with Gasteiger partial charge in [-0.25, -0.2) is 0 Å². The summed E-state index contributed by atoms with van der Waals surface area (Å²) in [5.41, 5.74) is 2.91. The van der Waals surface area contributed by atoms with Crippen LogP contribution in [0.15, 0.2) is 53.5 Å². The average Bonchev–Trinajstić information content (AvgIpc) is 2.72. The fourth-order valence-corrected chi connectivity index (χ4v) is 3.09. The molecule has 1 aromatic heterocycles. The molecule has 0 radical (unpaired) electrons. The number of phenolic OH excluding ortho intramolecular Hbond substituents is 1. The molecule has 5 nitrogen and oxygen atoms in total. The SMILES string of the molecule is C#CCn1cc(C(=O)c2cc(C)c(C)cc2O)cc(-c2ccc(OC)cc2)c1=O. The zero-order valence-corrected chi connectivity index (χ0v) is 16.5. The average molecular weight is 387 g/mol. The van der Waals surface area contributed by atoms with Crippen LogP contribution in [0.1, 0.15) is 27.0 Å². The monoisotopic (exact) mass is 387 g/mol. The van der Waals surface area contributed by atoms with Crippen LogP contribution in [0.2, 0.25) is 0 Å². The zero-order valence-electron chi connectivity index (χ0n) is 16.5. The number of methoxy groups -OCH3 is 1. The third-order valence-electron chi connectivity index (χ3n) is 4.87. The second-order valence-corrected chi connectivity index (χ2v) is 6.79. The Hall–Kier alpha value is -3.78. The quantitative estimate of drug-likeness (QED) is 0.535. The fraction of sp³-hybridized carbons (Fsp3) is 0.167. The molecular formula is C24H21NO4. The second-order valence-electron chi connectivity index (χ2n) is 6.79. The number of aryl methyl sites for hydroxylation is 2. The van der Waals surface area contributed by atoms with Gasteiger partial charge in [0.15, 0.2) is 5.78 Å². The number of aromatic hydroxyl groups is 1. The highest BCUT2D eigenvalue weighted by molar-refractivity contribution is 6.11. The normalized spacial score (nSPS) is 10.4. The van der Waals surface area contributed by atoms with E-state index in [-0.39, 0.29) is 34.8 Å². The third-order valence-corrected chi connectivity index (χ3v) is 4.87. The van der Waals surface area contributed by atoms with Gasteiger partial charge in [-0.3, -0.25) is 9.59 Å². The van der Waals surface area contributed by atoms with Crippen LogP contribution >= 0.6 is 0 Å². The first-order chi connectivity index (χ1) is 13.8. The molecule has 0 unspecified atom stereocenters. The number of nitrogens with zero attached hydrogens (tertiary/aromatic N) is 1. The Labute approximate surface area is 169 Å². The number of hydrogen-bond acceptors (Lipinski definition) is 4. The van der Waals surface area contributed by atoms with Crippen LogP contribution in [-0.4, -0.2) is 22.6 Å². The number of carbonyl (C=O) groups excluding carboxylic acids is 1. The number of benzene rings is 2. The van der Waals surface area contributed by atoms with Crippen molar-refractivity contribution in [3.8, 4) is 35.0 Å². The van der Waals surface area contributed by atoms with Gasteiger partial charge < -0.3 is 14.4 Å². The standard InChI is InChI=1S/C24H21NO4/c1-5-10-25-14-18(23(27)21-11-15(2)16(3)12-22(21)26)13-20(24(25)28)17-6-8-19(29-4)9-7-17/h1,6-9,11-14,26H,10H2,2-4H3. The fourth-order valence-electron chi connectivity index (χ4n) is 3.09. The second kappa shape index (κ2) is 8.07. The molecule has 0 atom stereocenters. The number of phenols is 1. The summed E-state index contributed by atoms with van der Waals surface area (Å²) in [6, 6.07) is 11.7. The van der Waals surface area contributed by atoms with Gasteiger partial charge in [0, 0.05) is 17.3 Å². The van der Waals surface area contributed by atoms with E-state index in [2.05, 4.69) is 5.92 Å². The minimum absolute atomic E-state index is 0.0298. The molecule has 0 aliphatic rings. The minimum Gasteiger partial charge on any atom is -0.507 e. The summed E-state index contributed by atoms with van der Waals surface area (Å²) in [5.74, 6) is 2.61. The van der Waals surface area contributed by atoms with Crippen molar-refractivity contribution in [2.75, 3.05) is 7.11 Å². The molecule has 3 rings (SSSR count). The van der Waals surface area contributed by atoms with Crippen LogP contribution in [0.4, 0.5) is 0 Å². The smallest absolute Gasteiger partial charge is 0.259 e. The first-order valence-corrected chi connectivity index (χ1v) is 9.03. The maximum Gasteiger partial charge on any atom is 0.259 e. The summed E-state index contributed by atoms with van der Waals surface area (Å²) in [6.45, 7) is 3.76. The largest absolute Gasteiger partial charge is 0.507 e. The molecule has 0 saturated heterocycles. The van der Waals surface area contributed by atoms with E-state index in [0.29, 0.717) is 16.9 Å². The molecule has 1 heterocycles. The van der Waals surface area contributed by atoms with Gasteiger partial charge in [-0.15, -0.1) is 6.42 Å². The molecule has 1 N–H and O–H groups in total. The Kier molecular flexibility index (Phi) is 5.56. The van der Waals surface area contributed by atoms with Crippen LogP contribution in [0, 0.1) is 26.2 Å². The number of terminal acetylenes is 1. The minimum atomic E-state index is -0.383. The number of ether oxygens (including phenoxy) is 1. The lowest BCUT2D eigenvalue weighted by atomic mass is 9.97. The molecule has 0 saturated carbocycles. The number of rotatable bonds is 5. The summed E-state index contributed by atoms with van der Waals surface area (Å²) < 4.78 is 6.48. The van der Waals surface area contributed by atoms with Crippen molar-refractivity contribution in [2.24, 2.45) is 0 Å². The van der Waals surface area contributed by atoms with E-state index in [1.54, 1.807) is 43.5 Å². The van der Waals surface area contributed by atoms with Crippen molar-refractivity contribution in [2.45, 2.75) is 20.4 Å². The van der Waals surface area contributed by atoms with Gasteiger partial charge in [0.05, 0.1) is 19.2 Å². The van der Waals surface area contributed by atoms with Crippen LogP contribution in [-0.2, 0) is 6.54 Å². The summed E-state index contributed by atoms with van der Waals surface area (Å²) in [4.78, 5) is 26.0. The van der Waals surface area contributed by atoms with Gasteiger partial charge >= 0.3 is 0 Å². The number of pyridine rings is 1. The Bertz CT molecular complexity index is 1180. The van der Waals surface area contributed by atoms with Gasteiger partial charge in [0.1, 0.15) is 11.5 Å².